The molecule has 0 fully saturated rings. The second-order valence-corrected chi connectivity index (χ2v) is 6.74. The van der Waals surface area contributed by atoms with Crippen LogP contribution in [0, 0.1) is 0 Å². The maximum absolute atomic E-state index is 12.4. The third-order valence-corrected chi connectivity index (χ3v) is 4.82. The maximum Gasteiger partial charge on any atom is 0.374 e. The van der Waals surface area contributed by atoms with Crippen molar-refractivity contribution in [1.29, 1.82) is 0 Å². The number of ether oxygens (including phenoxy) is 1. The predicted molar refractivity (Wildman–Crippen MR) is 92.4 cm³/mol. The number of rotatable bonds is 3. The second kappa shape index (κ2) is 5.88. The number of esters is 1. The van der Waals surface area contributed by atoms with Crippen molar-refractivity contribution < 1.29 is 13.9 Å². The highest BCUT2D eigenvalue weighted by atomic mass is 79.9. The number of nitrogens with zero attached hydrogens (tertiary/aromatic N) is 2. The van der Waals surface area contributed by atoms with Gasteiger partial charge in [-0.2, -0.15) is 0 Å². The summed E-state index contributed by atoms with van der Waals surface area (Å²) >= 11 is 4.53. The average molecular weight is 405 g/mol. The topological polar surface area (TPSA) is 73.8 Å². The van der Waals surface area contributed by atoms with Gasteiger partial charge in [0.25, 0.3) is 5.56 Å². The summed E-state index contributed by atoms with van der Waals surface area (Å²) in [6, 6.07) is 12.1. The number of benzene rings is 1. The Kier molecular flexibility index (Phi) is 3.70. The summed E-state index contributed by atoms with van der Waals surface area (Å²) in [7, 11) is 0. The van der Waals surface area contributed by atoms with E-state index in [4.69, 9.17) is 9.15 Å². The van der Waals surface area contributed by atoms with Gasteiger partial charge in [0, 0.05) is 6.07 Å². The van der Waals surface area contributed by atoms with Gasteiger partial charge >= 0.3 is 5.97 Å². The van der Waals surface area contributed by atoms with E-state index in [0.717, 1.165) is 10.2 Å². The molecule has 0 unspecified atom stereocenters. The summed E-state index contributed by atoms with van der Waals surface area (Å²) in [6.07, 6.45) is 0. The van der Waals surface area contributed by atoms with Crippen molar-refractivity contribution >= 4 is 48.4 Å². The number of carbonyl (C=O) groups excluding carboxylic acids is 1. The summed E-state index contributed by atoms with van der Waals surface area (Å²) in [5.41, 5.74) is 1.01. The number of fused-ring (bicyclic) bond motifs is 3. The van der Waals surface area contributed by atoms with Crippen LogP contribution in [0.4, 0.5) is 0 Å². The number of thiazole rings is 1. The molecule has 4 aromatic rings. The standard InChI is InChI=1S/C16H9BrN2O4S/c17-13-6-5-11(23-13)15(21)22-8-9-7-14(20)19-10-3-1-2-4-12(10)24-16(19)18-9/h1-7H,8H2. The lowest BCUT2D eigenvalue weighted by Gasteiger charge is -2.03. The van der Waals surface area contributed by atoms with Gasteiger partial charge in [-0.3, -0.25) is 9.20 Å². The third-order valence-electron chi connectivity index (χ3n) is 3.37. The molecule has 0 saturated heterocycles. The minimum atomic E-state index is -0.612. The molecule has 0 N–H and O–H groups in total. The molecule has 0 aliphatic carbocycles. The normalized spacial score (nSPS) is 11.2. The molecule has 0 saturated carbocycles. The maximum atomic E-state index is 12.4. The van der Waals surface area contributed by atoms with E-state index in [1.54, 1.807) is 10.5 Å². The molecule has 1 aromatic carbocycles. The van der Waals surface area contributed by atoms with Gasteiger partial charge in [-0.1, -0.05) is 23.5 Å². The summed E-state index contributed by atoms with van der Waals surface area (Å²) in [5, 5.41) is 0. The van der Waals surface area contributed by atoms with Crippen molar-refractivity contribution in [2.75, 3.05) is 0 Å². The van der Waals surface area contributed by atoms with Crippen molar-refractivity contribution in [2.45, 2.75) is 6.61 Å². The third kappa shape index (κ3) is 2.63. The lowest BCUT2D eigenvalue weighted by Crippen LogP contribution is -2.15. The lowest BCUT2D eigenvalue weighted by molar-refractivity contribution is 0.0429. The van der Waals surface area contributed by atoms with Crippen molar-refractivity contribution in [3.63, 3.8) is 0 Å². The Morgan fingerprint density at radius 2 is 2.12 bits per heavy atom. The molecule has 8 heteroatoms. The fourth-order valence-electron chi connectivity index (χ4n) is 2.33. The van der Waals surface area contributed by atoms with Gasteiger partial charge in [0.2, 0.25) is 5.76 Å². The Balaban J connectivity index is 1.64. The number of hydrogen-bond acceptors (Lipinski definition) is 6. The highest BCUT2D eigenvalue weighted by Crippen LogP contribution is 2.23. The van der Waals surface area contributed by atoms with E-state index in [2.05, 4.69) is 20.9 Å². The van der Waals surface area contributed by atoms with Gasteiger partial charge in [0.15, 0.2) is 9.63 Å². The van der Waals surface area contributed by atoms with Gasteiger partial charge in [0.1, 0.15) is 6.61 Å². The number of para-hydroxylation sites is 1. The van der Waals surface area contributed by atoms with Crippen LogP contribution in [0.2, 0.25) is 0 Å². The summed E-state index contributed by atoms with van der Waals surface area (Å²) in [5.74, 6) is -0.527. The number of carbonyl (C=O) groups is 1. The van der Waals surface area contributed by atoms with Crippen LogP contribution in [-0.2, 0) is 11.3 Å². The number of halogens is 1. The molecule has 120 valence electrons. The summed E-state index contributed by atoms with van der Waals surface area (Å²) < 4.78 is 13.2. The van der Waals surface area contributed by atoms with E-state index in [-0.39, 0.29) is 17.9 Å². The zero-order valence-corrected chi connectivity index (χ0v) is 14.5. The monoisotopic (exact) mass is 404 g/mol. The van der Waals surface area contributed by atoms with Crippen LogP contribution in [0.25, 0.3) is 15.2 Å². The van der Waals surface area contributed by atoms with E-state index in [9.17, 15) is 9.59 Å². The zero-order valence-electron chi connectivity index (χ0n) is 12.1. The molecule has 0 aliphatic heterocycles. The van der Waals surface area contributed by atoms with E-state index in [1.807, 2.05) is 24.3 Å². The second-order valence-electron chi connectivity index (χ2n) is 4.95. The van der Waals surface area contributed by atoms with Gasteiger partial charge in [-0.15, -0.1) is 0 Å². The molecule has 3 heterocycles. The van der Waals surface area contributed by atoms with E-state index in [1.165, 1.54) is 23.5 Å². The van der Waals surface area contributed by atoms with Crippen LogP contribution >= 0.6 is 27.3 Å². The molecule has 24 heavy (non-hydrogen) atoms. The number of aromatic nitrogens is 2. The van der Waals surface area contributed by atoms with Crippen LogP contribution in [-0.4, -0.2) is 15.4 Å². The van der Waals surface area contributed by atoms with E-state index >= 15 is 0 Å². The van der Waals surface area contributed by atoms with Gasteiger partial charge in [-0.05, 0) is 40.2 Å². The first-order chi connectivity index (χ1) is 11.6. The highest BCUT2D eigenvalue weighted by Gasteiger charge is 2.14. The number of furan rings is 1. The molecule has 0 radical (unpaired) electrons. The Bertz CT molecular complexity index is 1130. The van der Waals surface area contributed by atoms with Crippen molar-refractivity contribution in [2.24, 2.45) is 0 Å². The lowest BCUT2D eigenvalue weighted by atomic mass is 10.3. The molecule has 0 aliphatic rings. The van der Waals surface area contributed by atoms with Gasteiger partial charge in [0.05, 0.1) is 15.9 Å². The Morgan fingerprint density at radius 3 is 2.92 bits per heavy atom. The molecule has 0 amide bonds. The van der Waals surface area contributed by atoms with Crippen molar-refractivity contribution in [1.82, 2.24) is 9.38 Å². The fraction of sp³-hybridized carbons (Fsp3) is 0.0625. The first kappa shape index (κ1) is 15.1. The van der Waals surface area contributed by atoms with Crippen molar-refractivity contribution in [3.05, 3.63) is 68.9 Å². The van der Waals surface area contributed by atoms with Crippen molar-refractivity contribution in [3.8, 4) is 0 Å². The van der Waals surface area contributed by atoms with Gasteiger partial charge in [-0.25, -0.2) is 9.78 Å². The van der Waals surface area contributed by atoms with Crippen LogP contribution in [0.15, 0.2) is 56.3 Å². The van der Waals surface area contributed by atoms with Crippen LogP contribution in [0.1, 0.15) is 16.2 Å². The van der Waals surface area contributed by atoms with Crippen LogP contribution in [0.3, 0.4) is 0 Å². The first-order valence-electron chi connectivity index (χ1n) is 6.94. The largest absolute Gasteiger partial charge is 0.453 e. The smallest absolute Gasteiger partial charge is 0.374 e. The Hall–Kier alpha value is -2.45. The molecular formula is C16H9BrN2O4S. The Labute approximate surface area is 147 Å². The zero-order chi connectivity index (χ0) is 16.7. The SMILES string of the molecule is O=C(OCc1cc(=O)n2c(n1)sc1ccccc12)c1ccc(Br)o1. The van der Waals surface area contributed by atoms with Crippen LogP contribution < -0.4 is 5.56 Å². The van der Waals surface area contributed by atoms with Gasteiger partial charge < -0.3 is 9.15 Å². The van der Waals surface area contributed by atoms with Crippen LogP contribution in [0.5, 0.6) is 0 Å². The quantitative estimate of drug-likeness (QED) is 0.487. The molecule has 0 bridgehead atoms. The average Bonchev–Trinajstić information content (AvgIpc) is 3.16. The molecule has 3 aromatic heterocycles. The molecule has 6 nitrogen and oxygen atoms in total. The molecule has 0 atom stereocenters. The first-order valence-corrected chi connectivity index (χ1v) is 8.55. The minimum absolute atomic E-state index is 0.0848. The highest BCUT2D eigenvalue weighted by molar-refractivity contribution is 9.10. The molecular weight excluding hydrogens is 396 g/mol. The summed E-state index contributed by atoms with van der Waals surface area (Å²) in [6.45, 7) is -0.100. The van der Waals surface area contributed by atoms with E-state index in [0.29, 0.717) is 15.3 Å². The fourth-order valence-corrected chi connectivity index (χ4v) is 3.69. The molecule has 0 spiro atoms. The Morgan fingerprint density at radius 1 is 1.29 bits per heavy atom. The van der Waals surface area contributed by atoms with E-state index < -0.39 is 5.97 Å². The molecule has 4 rings (SSSR count). The minimum Gasteiger partial charge on any atom is -0.453 e. The summed E-state index contributed by atoms with van der Waals surface area (Å²) in [4.78, 5) is 29.2. The predicted octanol–water partition coefficient (Wildman–Crippen LogP) is 3.62. The number of hydrogen-bond donors (Lipinski definition) is 0.